The number of amides is 1. The number of hydrogen-bond acceptors (Lipinski definition) is 9. The van der Waals surface area contributed by atoms with Crippen LogP contribution in [0.15, 0.2) is 91.0 Å². The molecule has 0 saturated heterocycles. The minimum absolute atomic E-state index is 0.000213. The third-order valence-corrected chi connectivity index (χ3v) is 6.81. The Balaban J connectivity index is 1.35. The van der Waals surface area contributed by atoms with E-state index in [9.17, 15) is 39.0 Å². The first-order valence-corrected chi connectivity index (χ1v) is 14.1. The molecule has 0 unspecified atom stereocenters. The minimum atomic E-state index is -1.35. The number of carboxylic acids is 2. The van der Waals surface area contributed by atoms with Crippen LogP contribution in [0.5, 0.6) is 0 Å². The summed E-state index contributed by atoms with van der Waals surface area (Å²) in [4.78, 5) is 76.2. The number of carbonyl (C=O) groups is 5. The number of anilines is 2. The molecule has 4 aromatic carbocycles. The predicted molar refractivity (Wildman–Crippen MR) is 169 cm³/mol. The molecule has 0 aromatic heterocycles. The first kappa shape index (κ1) is 33.5. The van der Waals surface area contributed by atoms with Crippen molar-refractivity contribution in [2.45, 2.75) is 20.0 Å². The Bertz CT molecular complexity index is 1880. The lowest BCUT2D eigenvalue weighted by Crippen LogP contribution is -2.17. The maximum Gasteiger partial charge on any atom is 0.338 e. The summed E-state index contributed by atoms with van der Waals surface area (Å²) in [5, 5.41) is 21.6. The van der Waals surface area contributed by atoms with Gasteiger partial charge in [0.2, 0.25) is 0 Å². The number of ketones is 1. The second-order valence-electron chi connectivity index (χ2n) is 10.0. The van der Waals surface area contributed by atoms with Gasteiger partial charge in [0.05, 0.1) is 40.6 Å². The van der Waals surface area contributed by atoms with Gasteiger partial charge in [0.1, 0.15) is 12.5 Å². The molecule has 12 heteroatoms. The molecule has 4 N–H and O–H groups in total. The molecule has 0 spiro atoms. The van der Waals surface area contributed by atoms with Gasteiger partial charge in [0.25, 0.3) is 5.91 Å². The van der Waals surface area contributed by atoms with E-state index in [1.165, 1.54) is 30.2 Å². The molecule has 4 aromatic rings. The van der Waals surface area contributed by atoms with Crippen molar-refractivity contribution in [2.24, 2.45) is 0 Å². The standard InChI is InChI=1S/C35H28N2O10/c1-2-46-35(45)24-8-13-28(33(41)42)25(18-24)20-47-37-27-11-5-22(6-12-27)17-21-3-9-26(10-4-21)36-32(40)30-19-23(31(39)15-16-38)7-14-29(30)34(43)44/h3-15,18-19,37H,2,17,20H2,1H3,(H,36,40)(H,41,42)(H,43,44). The maximum absolute atomic E-state index is 12.9. The zero-order valence-electron chi connectivity index (χ0n) is 24.9. The van der Waals surface area contributed by atoms with E-state index in [1.54, 1.807) is 43.3 Å². The number of nitrogens with one attached hydrogen (secondary N) is 2. The fourth-order valence-corrected chi connectivity index (χ4v) is 4.50. The lowest BCUT2D eigenvalue weighted by Gasteiger charge is -2.12. The summed E-state index contributed by atoms with van der Waals surface area (Å²) in [6.07, 6.45) is 1.21. The van der Waals surface area contributed by atoms with Crippen molar-refractivity contribution >= 4 is 46.9 Å². The monoisotopic (exact) mass is 636 g/mol. The van der Waals surface area contributed by atoms with Crippen molar-refractivity contribution in [2.75, 3.05) is 17.4 Å². The van der Waals surface area contributed by atoms with E-state index in [4.69, 9.17) is 9.57 Å². The Morgan fingerprint density at radius 3 is 1.94 bits per heavy atom. The third-order valence-electron chi connectivity index (χ3n) is 6.81. The van der Waals surface area contributed by atoms with Crippen molar-refractivity contribution in [3.8, 4) is 0 Å². The molecule has 4 rings (SSSR count). The summed E-state index contributed by atoms with van der Waals surface area (Å²) >= 11 is 0. The number of ether oxygens (including phenoxy) is 1. The number of carboxylic acid groups (broad SMARTS) is 2. The van der Waals surface area contributed by atoms with Gasteiger partial charge in [-0.2, -0.15) is 0 Å². The molecule has 0 aliphatic carbocycles. The molecular weight excluding hydrogens is 608 g/mol. The molecule has 0 aliphatic heterocycles. The van der Waals surface area contributed by atoms with Crippen LogP contribution in [0.1, 0.15) is 75.4 Å². The van der Waals surface area contributed by atoms with E-state index in [0.29, 0.717) is 29.4 Å². The van der Waals surface area contributed by atoms with Gasteiger partial charge in [0, 0.05) is 11.3 Å². The zero-order valence-corrected chi connectivity index (χ0v) is 24.9. The van der Waals surface area contributed by atoms with Crippen LogP contribution in [-0.4, -0.2) is 52.4 Å². The number of benzene rings is 4. The Hall–Kier alpha value is -6.36. The first-order chi connectivity index (χ1) is 22.6. The predicted octanol–water partition coefficient (Wildman–Crippen LogP) is 5.22. The van der Waals surface area contributed by atoms with Crippen LogP contribution in [0.3, 0.4) is 0 Å². The lowest BCUT2D eigenvalue weighted by atomic mass is 10.0. The molecule has 0 atom stereocenters. The van der Waals surface area contributed by atoms with Crippen molar-refractivity contribution in [1.82, 2.24) is 0 Å². The highest BCUT2D eigenvalue weighted by Crippen LogP contribution is 2.20. The molecule has 0 bridgehead atoms. The molecule has 0 saturated carbocycles. The average Bonchev–Trinajstić information content (AvgIpc) is 3.06. The van der Waals surface area contributed by atoms with E-state index < -0.39 is 29.6 Å². The summed E-state index contributed by atoms with van der Waals surface area (Å²) in [7, 11) is 0. The average molecular weight is 637 g/mol. The molecule has 1 amide bonds. The Morgan fingerprint density at radius 1 is 0.745 bits per heavy atom. The normalized spacial score (nSPS) is 10.3. The van der Waals surface area contributed by atoms with Crippen molar-refractivity contribution in [1.29, 1.82) is 0 Å². The molecule has 0 radical (unpaired) electrons. The van der Waals surface area contributed by atoms with Gasteiger partial charge in [-0.1, -0.05) is 30.3 Å². The van der Waals surface area contributed by atoms with Gasteiger partial charge >= 0.3 is 17.9 Å². The molecule has 47 heavy (non-hydrogen) atoms. The molecule has 12 nitrogen and oxygen atoms in total. The van der Waals surface area contributed by atoms with E-state index in [2.05, 4.69) is 10.8 Å². The molecule has 0 aliphatic rings. The maximum atomic E-state index is 12.9. The highest BCUT2D eigenvalue weighted by Gasteiger charge is 2.19. The van der Waals surface area contributed by atoms with E-state index in [-0.39, 0.29) is 41.0 Å². The number of allylic oxidation sites excluding steroid dienone is 1. The van der Waals surface area contributed by atoms with Crippen molar-refractivity contribution in [3.63, 3.8) is 0 Å². The van der Waals surface area contributed by atoms with Crippen molar-refractivity contribution in [3.05, 3.63) is 136 Å². The molecular formula is C35H28N2O10. The summed E-state index contributed by atoms with van der Waals surface area (Å²) < 4.78 is 4.98. The van der Waals surface area contributed by atoms with Crippen LogP contribution in [0.4, 0.5) is 11.4 Å². The van der Waals surface area contributed by atoms with Crippen LogP contribution < -0.4 is 10.8 Å². The highest BCUT2D eigenvalue weighted by molar-refractivity contribution is 6.14. The Morgan fingerprint density at radius 2 is 1.34 bits per heavy atom. The summed E-state index contributed by atoms with van der Waals surface area (Å²) in [5.74, 6) is -3.15. The Kier molecular flexibility index (Phi) is 11.1. The second-order valence-corrected chi connectivity index (χ2v) is 10.0. The van der Waals surface area contributed by atoms with Crippen LogP contribution in [0, 0.1) is 0 Å². The van der Waals surface area contributed by atoms with Crippen LogP contribution in [-0.2, 0) is 27.4 Å². The number of carbonyl (C=O) groups excluding carboxylic acids is 4. The van der Waals surface area contributed by atoms with E-state index in [0.717, 1.165) is 23.3 Å². The van der Waals surface area contributed by atoms with Gasteiger partial charge in [-0.3, -0.25) is 19.9 Å². The van der Waals surface area contributed by atoms with Crippen molar-refractivity contribution < 1.29 is 48.6 Å². The van der Waals surface area contributed by atoms with Crippen LogP contribution >= 0.6 is 0 Å². The van der Waals surface area contributed by atoms with Gasteiger partial charge in [0.15, 0.2) is 5.78 Å². The first-order valence-electron chi connectivity index (χ1n) is 14.1. The third kappa shape index (κ3) is 8.85. The number of hydrogen-bond donors (Lipinski definition) is 4. The second kappa shape index (κ2) is 15.6. The van der Waals surface area contributed by atoms with E-state index in [1.807, 2.05) is 12.1 Å². The van der Waals surface area contributed by atoms with Gasteiger partial charge < -0.3 is 20.3 Å². The fraction of sp³-hybridized carbons (Fsp3) is 0.114. The SMILES string of the molecule is CCOC(=O)c1ccc(C(=O)O)c(CONc2ccc(Cc3ccc(NC(=O)c4cc(C(=O)C=C=O)ccc4C(=O)O)cc3)cc2)c1. The summed E-state index contributed by atoms with van der Waals surface area (Å²) in [6, 6.07) is 21.8. The molecule has 0 heterocycles. The highest BCUT2D eigenvalue weighted by atomic mass is 16.6. The number of aromatic carboxylic acids is 2. The number of rotatable bonds is 14. The minimum Gasteiger partial charge on any atom is -0.478 e. The number of esters is 1. The lowest BCUT2D eigenvalue weighted by molar-refractivity contribution is 0.0523. The molecule has 0 fully saturated rings. The Labute approximate surface area is 268 Å². The summed E-state index contributed by atoms with van der Waals surface area (Å²) in [5.41, 5.74) is 5.60. The molecule has 238 valence electrons. The largest absolute Gasteiger partial charge is 0.478 e. The van der Waals surface area contributed by atoms with Crippen LogP contribution in [0.2, 0.25) is 0 Å². The van der Waals surface area contributed by atoms with Gasteiger partial charge in [-0.05, 0) is 84.6 Å². The summed E-state index contributed by atoms with van der Waals surface area (Å²) in [6.45, 7) is 1.74. The zero-order chi connectivity index (χ0) is 33.9. The smallest absolute Gasteiger partial charge is 0.338 e. The fourth-order valence-electron chi connectivity index (χ4n) is 4.50. The van der Waals surface area contributed by atoms with E-state index >= 15 is 0 Å². The topological polar surface area (TPSA) is 185 Å². The van der Waals surface area contributed by atoms with Gasteiger partial charge in [-0.15, -0.1) is 0 Å². The quantitative estimate of drug-likeness (QED) is 0.0468. The van der Waals surface area contributed by atoms with Crippen LogP contribution in [0.25, 0.3) is 0 Å². The van der Waals surface area contributed by atoms with Gasteiger partial charge in [-0.25, -0.2) is 19.2 Å².